The van der Waals surface area contributed by atoms with E-state index in [-0.39, 0.29) is 0 Å². The van der Waals surface area contributed by atoms with Gasteiger partial charge in [-0.05, 0) is 13.0 Å². The highest BCUT2D eigenvalue weighted by atomic mass is 16.5. The summed E-state index contributed by atoms with van der Waals surface area (Å²) >= 11 is 0. The first-order valence-electron chi connectivity index (χ1n) is 5.50. The van der Waals surface area contributed by atoms with Gasteiger partial charge in [0.25, 0.3) is 0 Å². The monoisotopic (exact) mass is 240 g/mol. The molecular formula is C12H20N2O3. The molecule has 96 valence electrons. The zero-order valence-corrected chi connectivity index (χ0v) is 10.6. The Kier molecular flexibility index (Phi) is 5.42. The molecule has 3 N–H and O–H groups in total. The van der Waals surface area contributed by atoms with Crippen LogP contribution in [-0.2, 0) is 0 Å². The van der Waals surface area contributed by atoms with Gasteiger partial charge in [-0.2, -0.15) is 0 Å². The Hall–Kier alpha value is -1.62. The molecular weight excluding hydrogens is 220 g/mol. The van der Waals surface area contributed by atoms with Crippen molar-refractivity contribution in [3.63, 3.8) is 0 Å². The number of hydrogen-bond donors (Lipinski definition) is 2. The fourth-order valence-electron chi connectivity index (χ4n) is 1.49. The summed E-state index contributed by atoms with van der Waals surface area (Å²) in [5, 5.41) is 3.25. The molecule has 0 aromatic heterocycles. The van der Waals surface area contributed by atoms with E-state index in [0.29, 0.717) is 18.0 Å². The van der Waals surface area contributed by atoms with Crippen LogP contribution in [0.3, 0.4) is 0 Å². The molecule has 0 fully saturated rings. The zero-order chi connectivity index (χ0) is 12.7. The molecule has 1 aromatic rings. The minimum atomic E-state index is 0.647. The summed E-state index contributed by atoms with van der Waals surface area (Å²) in [7, 11) is 4.82. The summed E-state index contributed by atoms with van der Waals surface area (Å²) in [4.78, 5) is 0. The highest BCUT2D eigenvalue weighted by Crippen LogP contribution is 2.37. The lowest BCUT2D eigenvalue weighted by Crippen LogP contribution is -2.09. The number of nitrogens with one attached hydrogen (secondary N) is 1. The van der Waals surface area contributed by atoms with Crippen LogP contribution < -0.4 is 25.3 Å². The van der Waals surface area contributed by atoms with Gasteiger partial charge in [0.1, 0.15) is 5.75 Å². The number of anilines is 1. The van der Waals surface area contributed by atoms with E-state index in [1.807, 2.05) is 6.07 Å². The number of nitrogens with two attached hydrogens (primary N) is 1. The van der Waals surface area contributed by atoms with Crippen molar-refractivity contribution >= 4 is 5.69 Å². The van der Waals surface area contributed by atoms with Gasteiger partial charge >= 0.3 is 0 Å². The van der Waals surface area contributed by atoms with Crippen molar-refractivity contribution in [1.82, 2.24) is 0 Å². The SMILES string of the molecule is COc1cc(OC)c(OC)cc1NCCCN. The highest BCUT2D eigenvalue weighted by molar-refractivity contribution is 5.64. The summed E-state index contributed by atoms with van der Waals surface area (Å²) in [6, 6.07) is 3.65. The summed E-state index contributed by atoms with van der Waals surface area (Å²) in [5.41, 5.74) is 6.32. The van der Waals surface area contributed by atoms with E-state index >= 15 is 0 Å². The molecule has 0 aliphatic carbocycles. The van der Waals surface area contributed by atoms with E-state index in [4.69, 9.17) is 19.9 Å². The van der Waals surface area contributed by atoms with Gasteiger partial charge in [0, 0.05) is 18.7 Å². The molecule has 1 aromatic carbocycles. The zero-order valence-electron chi connectivity index (χ0n) is 10.6. The Balaban J connectivity index is 2.93. The third-order valence-electron chi connectivity index (χ3n) is 2.40. The molecule has 0 aliphatic heterocycles. The number of benzene rings is 1. The molecule has 0 radical (unpaired) electrons. The summed E-state index contributed by atoms with van der Waals surface area (Å²) in [5.74, 6) is 2.04. The Morgan fingerprint density at radius 2 is 1.59 bits per heavy atom. The first-order chi connectivity index (χ1) is 8.26. The van der Waals surface area contributed by atoms with Crippen LogP contribution in [0.1, 0.15) is 6.42 Å². The lowest BCUT2D eigenvalue weighted by Gasteiger charge is -2.15. The summed E-state index contributed by atoms with van der Waals surface area (Å²) in [6.45, 7) is 1.45. The minimum Gasteiger partial charge on any atom is -0.494 e. The Bertz CT molecular complexity index is 356. The molecule has 0 bridgehead atoms. The van der Waals surface area contributed by atoms with Gasteiger partial charge in [-0.25, -0.2) is 0 Å². The topological polar surface area (TPSA) is 65.7 Å². The van der Waals surface area contributed by atoms with Gasteiger partial charge in [0.15, 0.2) is 11.5 Å². The van der Waals surface area contributed by atoms with Crippen molar-refractivity contribution in [3.8, 4) is 17.2 Å². The molecule has 0 amide bonds. The van der Waals surface area contributed by atoms with Crippen LogP contribution >= 0.6 is 0 Å². The van der Waals surface area contributed by atoms with Gasteiger partial charge in [0.05, 0.1) is 27.0 Å². The normalized spacial score (nSPS) is 9.88. The van der Waals surface area contributed by atoms with Crippen molar-refractivity contribution in [2.75, 3.05) is 39.7 Å². The minimum absolute atomic E-state index is 0.647. The van der Waals surface area contributed by atoms with Crippen molar-refractivity contribution in [3.05, 3.63) is 12.1 Å². The van der Waals surface area contributed by atoms with Crippen molar-refractivity contribution in [2.45, 2.75) is 6.42 Å². The maximum absolute atomic E-state index is 5.45. The van der Waals surface area contributed by atoms with Crippen LogP contribution in [0.2, 0.25) is 0 Å². The Morgan fingerprint density at radius 1 is 1.00 bits per heavy atom. The molecule has 0 aliphatic rings. The number of ether oxygens (including phenoxy) is 3. The fraction of sp³-hybridized carbons (Fsp3) is 0.500. The van der Waals surface area contributed by atoms with Crippen LogP contribution in [0, 0.1) is 0 Å². The van der Waals surface area contributed by atoms with Gasteiger partial charge in [-0.3, -0.25) is 0 Å². The third-order valence-corrected chi connectivity index (χ3v) is 2.40. The first kappa shape index (κ1) is 13.4. The molecule has 17 heavy (non-hydrogen) atoms. The number of methoxy groups -OCH3 is 3. The van der Waals surface area contributed by atoms with E-state index in [1.54, 1.807) is 27.4 Å². The second kappa shape index (κ2) is 6.85. The molecule has 0 unspecified atom stereocenters. The molecule has 0 saturated heterocycles. The second-order valence-corrected chi connectivity index (χ2v) is 3.48. The molecule has 5 nitrogen and oxygen atoms in total. The fourth-order valence-corrected chi connectivity index (χ4v) is 1.49. The Labute approximate surface area is 102 Å². The average molecular weight is 240 g/mol. The molecule has 0 atom stereocenters. The van der Waals surface area contributed by atoms with Crippen LogP contribution in [0.4, 0.5) is 5.69 Å². The van der Waals surface area contributed by atoms with Crippen LogP contribution in [-0.4, -0.2) is 34.4 Å². The summed E-state index contributed by atoms with van der Waals surface area (Å²) in [6.07, 6.45) is 0.900. The van der Waals surface area contributed by atoms with Crippen LogP contribution in [0.5, 0.6) is 17.2 Å². The van der Waals surface area contributed by atoms with Gasteiger partial charge in [-0.1, -0.05) is 0 Å². The summed E-state index contributed by atoms with van der Waals surface area (Å²) < 4.78 is 15.7. The first-order valence-corrected chi connectivity index (χ1v) is 5.50. The van der Waals surface area contributed by atoms with E-state index < -0.39 is 0 Å². The second-order valence-electron chi connectivity index (χ2n) is 3.48. The average Bonchev–Trinajstić information content (AvgIpc) is 2.38. The lowest BCUT2D eigenvalue weighted by atomic mass is 10.2. The molecule has 0 saturated carbocycles. The van der Waals surface area contributed by atoms with Gasteiger partial charge in [-0.15, -0.1) is 0 Å². The maximum Gasteiger partial charge on any atom is 0.164 e. The number of hydrogen-bond acceptors (Lipinski definition) is 5. The Morgan fingerprint density at radius 3 is 2.12 bits per heavy atom. The van der Waals surface area contributed by atoms with Crippen LogP contribution in [0.25, 0.3) is 0 Å². The smallest absolute Gasteiger partial charge is 0.164 e. The highest BCUT2D eigenvalue weighted by Gasteiger charge is 2.11. The van der Waals surface area contributed by atoms with Gasteiger partial charge in [0.2, 0.25) is 0 Å². The molecule has 5 heteroatoms. The lowest BCUT2D eigenvalue weighted by molar-refractivity contribution is 0.349. The maximum atomic E-state index is 5.45. The predicted octanol–water partition coefficient (Wildman–Crippen LogP) is 1.47. The van der Waals surface area contributed by atoms with Crippen molar-refractivity contribution in [1.29, 1.82) is 0 Å². The van der Waals surface area contributed by atoms with Crippen molar-refractivity contribution in [2.24, 2.45) is 5.73 Å². The quantitative estimate of drug-likeness (QED) is 0.707. The largest absolute Gasteiger partial charge is 0.494 e. The van der Waals surface area contributed by atoms with Crippen molar-refractivity contribution < 1.29 is 14.2 Å². The predicted molar refractivity (Wildman–Crippen MR) is 68.3 cm³/mol. The van der Waals surface area contributed by atoms with E-state index in [0.717, 1.165) is 24.4 Å². The van der Waals surface area contributed by atoms with E-state index in [1.165, 1.54) is 0 Å². The molecule has 0 spiro atoms. The van der Waals surface area contributed by atoms with Gasteiger partial charge < -0.3 is 25.3 Å². The number of rotatable bonds is 7. The molecule has 1 rings (SSSR count). The standard InChI is InChI=1S/C12H20N2O3/c1-15-10-8-12(17-3)11(16-2)7-9(10)14-6-4-5-13/h7-8,14H,4-6,13H2,1-3H3. The van der Waals surface area contributed by atoms with E-state index in [9.17, 15) is 0 Å². The van der Waals surface area contributed by atoms with E-state index in [2.05, 4.69) is 5.32 Å². The van der Waals surface area contributed by atoms with Crippen LogP contribution in [0.15, 0.2) is 12.1 Å². The third kappa shape index (κ3) is 3.42. The molecule has 0 heterocycles.